The van der Waals surface area contributed by atoms with Crippen LogP contribution in [0.5, 0.6) is 0 Å². The molecule has 11 heteroatoms. The predicted octanol–water partition coefficient (Wildman–Crippen LogP) is 6.61. The molecular weight excluding hydrogens is 490 g/mol. The molecule has 0 fully saturated rings. The molecule has 0 aliphatic rings. The highest BCUT2D eigenvalue weighted by Crippen LogP contribution is 2.32. The van der Waals surface area contributed by atoms with Crippen molar-refractivity contribution in [2.24, 2.45) is 0 Å². The summed E-state index contributed by atoms with van der Waals surface area (Å²) in [5.74, 6) is -2.70. The van der Waals surface area contributed by atoms with Gasteiger partial charge < -0.3 is 5.11 Å². The van der Waals surface area contributed by atoms with Crippen LogP contribution in [0.4, 0.5) is 23.2 Å². The topological polar surface area (TPSA) is 97.5 Å². The smallest absolute Gasteiger partial charge is 0.416 e. The van der Waals surface area contributed by atoms with Crippen molar-refractivity contribution in [2.75, 3.05) is 0 Å². The van der Waals surface area contributed by atoms with Gasteiger partial charge in [0.1, 0.15) is 0 Å². The average molecular weight is 505 g/mol. The number of carboxylic acid groups (broad SMARTS) is 1. The maximum atomic E-state index is 13.7. The molecule has 0 saturated carbocycles. The van der Waals surface area contributed by atoms with Crippen LogP contribution in [-0.2, 0) is 11.9 Å². The van der Waals surface area contributed by atoms with Crippen LogP contribution in [-0.4, -0.2) is 21.8 Å². The number of alkyl halides is 3. The molecule has 3 rings (SSSR count). The number of hydrogen-bond acceptors (Lipinski definition) is 5. The molecule has 3 aromatic carbocycles. The number of halogens is 4. The summed E-state index contributed by atoms with van der Waals surface area (Å²) >= 11 is 0.965. The zero-order valence-corrected chi connectivity index (χ0v) is 18.4. The Labute approximate surface area is 200 Å². The van der Waals surface area contributed by atoms with Gasteiger partial charge in [0.25, 0.3) is 0 Å². The molecule has 0 unspecified atom stereocenters. The van der Waals surface area contributed by atoms with Gasteiger partial charge in [0.05, 0.1) is 21.0 Å². The second-order valence-corrected chi connectivity index (χ2v) is 8.19. The molecule has 0 atom stereocenters. The first kappa shape index (κ1) is 25.6. The molecule has 0 heterocycles. The Morgan fingerprint density at radius 1 is 0.971 bits per heavy atom. The van der Waals surface area contributed by atoms with E-state index in [1.807, 2.05) is 0 Å². The molecule has 3 aromatic rings. The molecule has 0 bridgehead atoms. The van der Waals surface area contributed by atoms with E-state index in [0.29, 0.717) is 5.56 Å². The van der Waals surface area contributed by atoms with Crippen LogP contribution < -0.4 is 0 Å². The van der Waals surface area contributed by atoms with Crippen molar-refractivity contribution in [3.63, 3.8) is 0 Å². The first-order chi connectivity index (χ1) is 16.5. The minimum atomic E-state index is -4.49. The van der Waals surface area contributed by atoms with Gasteiger partial charge >= 0.3 is 17.8 Å². The van der Waals surface area contributed by atoms with Crippen LogP contribution >= 0.6 is 11.8 Å². The molecule has 180 valence electrons. The molecule has 1 N–H and O–H groups in total. The van der Waals surface area contributed by atoms with Gasteiger partial charge in [-0.2, -0.15) is 17.6 Å². The van der Waals surface area contributed by atoms with E-state index in [4.69, 9.17) is 5.11 Å². The summed E-state index contributed by atoms with van der Waals surface area (Å²) in [5.41, 5.74) is -0.896. The van der Waals surface area contributed by atoms with E-state index < -0.39 is 39.9 Å². The Morgan fingerprint density at radius 3 is 2.11 bits per heavy atom. The number of nitrogens with zero attached hydrogens (tertiary/aromatic N) is 1. The van der Waals surface area contributed by atoms with Gasteiger partial charge in [0.2, 0.25) is 5.82 Å². The SMILES string of the molecule is O=C(O)c1ccc(C(=O)/C(=C\c2ccc(F)c([N+](=O)[O-])c2)SCc2ccc(C(F)(F)F)cc2)cc1. The van der Waals surface area contributed by atoms with Crippen molar-refractivity contribution in [2.45, 2.75) is 11.9 Å². The predicted molar refractivity (Wildman–Crippen MR) is 122 cm³/mol. The lowest BCUT2D eigenvalue weighted by Gasteiger charge is -2.10. The lowest BCUT2D eigenvalue weighted by atomic mass is 10.1. The Kier molecular flexibility index (Phi) is 7.70. The van der Waals surface area contributed by atoms with Gasteiger partial charge in [-0.05, 0) is 47.5 Å². The molecule has 0 saturated heterocycles. The number of carbonyl (C=O) groups excluding carboxylic acids is 1. The molecule has 6 nitrogen and oxygen atoms in total. The summed E-state index contributed by atoms with van der Waals surface area (Å²) in [7, 11) is 0. The number of thioether (sulfide) groups is 1. The van der Waals surface area contributed by atoms with E-state index in [-0.39, 0.29) is 27.3 Å². The van der Waals surface area contributed by atoms with Crippen LogP contribution in [0.15, 0.2) is 71.6 Å². The van der Waals surface area contributed by atoms with E-state index >= 15 is 0 Å². The van der Waals surface area contributed by atoms with E-state index in [0.717, 1.165) is 36.0 Å². The van der Waals surface area contributed by atoms with Gasteiger partial charge in [0.15, 0.2) is 5.78 Å². The largest absolute Gasteiger partial charge is 0.478 e. The van der Waals surface area contributed by atoms with Crippen molar-refractivity contribution < 1.29 is 37.2 Å². The van der Waals surface area contributed by atoms with Crippen molar-refractivity contribution in [1.29, 1.82) is 0 Å². The van der Waals surface area contributed by atoms with Crippen LogP contribution in [0.3, 0.4) is 0 Å². The fraction of sp³-hybridized carbons (Fsp3) is 0.0833. The summed E-state index contributed by atoms with van der Waals surface area (Å²) in [6.07, 6.45) is -3.19. The summed E-state index contributed by atoms with van der Waals surface area (Å²) in [6, 6.07) is 12.5. The number of carboxylic acids is 1. The van der Waals surface area contributed by atoms with Crippen molar-refractivity contribution in [3.8, 4) is 0 Å². The number of Topliss-reactive ketones (excluding diaryl/α,β-unsaturated/α-hetero) is 1. The summed E-state index contributed by atoms with van der Waals surface area (Å²) in [6.45, 7) is 0. The van der Waals surface area contributed by atoms with Crippen molar-refractivity contribution in [1.82, 2.24) is 0 Å². The standard InChI is InChI=1S/C24H15F4NO5S/c25-19-10-3-15(11-20(19)29(33)34)12-21(22(30)16-4-6-17(7-5-16)23(31)32)35-13-14-1-8-18(9-2-14)24(26,27)28/h1-12H,13H2,(H,31,32)/b21-12+. The highest BCUT2D eigenvalue weighted by atomic mass is 32.2. The maximum absolute atomic E-state index is 13.7. The Bertz CT molecular complexity index is 1300. The molecule has 0 spiro atoms. The quantitative estimate of drug-likeness (QED) is 0.122. The van der Waals surface area contributed by atoms with Gasteiger partial charge in [0, 0.05) is 17.4 Å². The van der Waals surface area contributed by atoms with E-state index in [1.165, 1.54) is 48.5 Å². The second kappa shape index (κ2) is 10.5. The number of allylic oxidation sites excluding steroid dienone is 1. The second-order valence-electron chi connectivity index (χ2n) is 7.17. The molecule has 0 aliphatic carbocycles. The molecule has 0 aliphatic heterocycles. The third-order valence-electron chi connectivity index (χ3n) is 4.76. The fourth-order valence-electron chi connectivity index (χ4n) is 2.94. The number of hydrogen-bond donors (Lipinski definition) is 1. The first-order valence-corrected chi connectivity index (χ1v) is 10.8. The minimum absolute atomic E-state index is 0.0429. The molecule has 0 amide bonds. The van der Waals surface area contributed by atoms with Crippen LogP contribution in [0.25, 0.3) is 6.08 Å². The highest BCUT2D eigenvalue weighted by molar-refractivity contribution is 8.03. The monoisotopic (exact) mass is 505 g/mol. The zero-order valence-electron chi connectivity index (χ0n) is 17.6. The zero-order chi connectivity index (χ0) is 25.8. The summed E-state index contributed by atoms with van der Waals surface area (Å²) in [5, 5.41) is 20.1. The number of ketones is 1. The van der Waals surface area contributed by atoms with Crippen molar-refractivity contribution >= 4 is 35.3 Å². The van der Waals surface area contributed by atoms with Crippen LogP contribution in [0.1, 0.15) is 37.4 Å². The van der Waals surface area contributed by atoms with Crippen LogP contribution in [0, 0.1) is 15.9 Å². The number of rotatable bonds is 8. The highest BCUT2D eigenvalue weighted by Gasteiger charge is 2.30. The normalized spacial score (nSPS) is 11.8. The van der Waals surface area contributed by atoms with Gasteiger partial charge in [-0.3, -0.25) is 14.9 Å². The minimum Gasteiger partial charge on any atom is -0.478 e. The lowest BCUT2D eigenvalue weighted by molar-refractivity contribution is -0.387. The Morgan fingerprint density at radius 2 is 1.57 bits per heavy atom. The number of aromatic carboxylic acids is 1. The third kappa shape index (κ3) is 6.54. The Balaban J connectivity index is 1.94. The van der Waals surface area contributed by atoms with E-state index in [2.05, 4.69) is 0 Å². The Hall–Kier alpha value is -3.99. The number of benzene rings is 3. The van der Waals surface area contributed by atoms with E-state index in [1.54, 1.807) is 0 Å². The third-order valence-corrected chi connectivity index (χ3v) is 5.85. The van der Waals surface area contributed by atoms with Gasteiger partial charge in [-0.15, -0.1) is 11.8 Å². The van der Waals surface area contributed by atoms with Crippen molar-refractivity contribution in [3.05, 3.63) is 115 Å². The number of carbonyl (C=O) groups is 2. The number of nitro groups is 1. The fourth-order valence-corrected chi connectivity index (χ4v) is 3.92. The van der Waals surface area contributed by atoms with Gasteiger partial charge in [-0.25, -0.2) is 4.79 Å². The summed E-state index contributed by atoms with van der Waals surface area (Å²) < 4.78 is 52.1. The first-order valence-electron chi connectivity index (χ1n) is 9.78. The molecule has 0 radical (unpaired) electrons. The maximum Gasteiger partial charge on any atom is 0.416 e. The van der Waals surface area contributed by atoms with E-state index in [9.17, 15) is 37.3 Å². The average Bonchev–Trinajstić information content (AvgIpc) is 2.82. The lowest BCUT2D eigenvalue weighted by Crippen LogP contribution is -2.05. The number of nitro benzene ring substituents is 1. The molecular formula is C24H15F4NO5S. The van der Waals surface area contributed by atoms with Crippen LogP contribution in [0.2, 0.25) is 0 Å². The van der Waals surface area contributed by atoms with Gasteiger partial charge in [-0.1, -0.05) is 30.3 Å². The summed E-state index contributed by atoms with van der Waals surface area (Å²) in [4.78, 5) is 34.4. The molecule has 35 heavy (non-hydrogen) atoms. The molecule has 0 aromatic heterocycles.